The summed E-state index contributed by atoms with van der Waals surface area (Å²) in [4.78, 5) is 17.2. The van der Waals surface area contributed by atoms with E-state index in [4.69, 9.17) is 18.6 Å². The second-order valence-corrected chi connectivity index (χ2v) is 6.32. The van der Waals surface area contributed by atoms with Crippen molar-refractivity contribution in [2.75, 3.05) is 14.2 Å². The van der Waals surface area contributed by atoms with Gasteiger partial charge in [0, 0.05) is 11.6 Å². The second kappa shape index (κ2) is 7.23. The van der Waals surface area contributed by atoms with Crippen LogP contribution in [-0.2, 0) is 6.61 Å². The first-order valence-electron chi connectivity index (χ1n) is 8.78. The van der Waals surface area contributed by atoms with Crippen LogP contribution in [0.25, 0.3) is 22.6 Å². The maximum atomic E-state index is 12.5. The Morgan fingerprint density at radius 1 is 1.00 bits per heavy atom. The van der Waals surface area contributed by atoms with Gasteiger partial charge in [0.05, 0.1) is 14.2 Å². The van der Waals surface area contributed by atoms with Crippen molar-refractivity contribution in [1.29, 1.82) is 0 Å². The molecule has 1 aliphatic carbocycles. The minimum atomic E-state index is -0.284. The predicted molar refractivity (Wildman–Crippen MR) is 106 cm³/mol. The molecule has 0 spiro atoms. The van der Waals surface area contributed by atoms with Gasteiger partial charge in [-0.2, -0.15) is 0 Å². The molecule has 0 atom stereocenters. The topological polar surface area (TPSA) is 70.8 Å². The average molecular weight is 377 g/mol. The third-order valence-corrected chi connectivity index (χ3v) is 4.56. The zero-order valence-electron chi connectivity index (χ0n) is 15.8. The number of fused-ring (bicyclic) bond motifs is 2. The Bertz CT molecular complexity index is 1170. The van der Waals surface area contributed by atoms with Gasteiger partial charge in [0.15, 0.2) is 22.8 Å². The molecule has 2 aromatic rings. The van der Waals surface area contributed by atoms with E-state index in [1.807, 2.05) is 42.5 Å². The van der Waals surface area contributed by atoms with E-state index < -0.39 is 0 Å². The fourth-order valence-electron chi connectivity index (χ4n) is 3.10. The smallest absolute Gasteiger partial charge is 0.231 e. The number of ether oxygens (including phenoxy) is 3. The summed E-state index contributed by atoms with van der Waals surface area (Å²) in [5.41, 5.74) is 2.79. The summed E-state index contributed by atoms with van der Waals surface area (Å²) in [5, 5.41) is 0. The number of hydrogen-bond acceptors (Lipinski definition) is 6. The summed E-state index contributed by atoms with van der Waals surface area (Å²) >= 11 is 0. The molecule has 6 heteroatoms. The van der Waals surface area contributed by atoms with Crippen molar-refractivity contribution in [3.05, 3.63) is 69.9 Å². The standard InChI is InChI=1S/C22H19NO5/c1-13-19(24)22(26-3)21(25-2)18-20(13)28-17-11-15(9-10-16(17)23-18)27-12-14-7-5-4-6-8-14/h4-11H,12H2,1-3H3. The molecule has 6 nitrogen and oxygen atoms in total. The normalized spacial score (nSPS) is 11.0. The van der Waals surface area contributed by atoms with Gasteiger partial charge in [0.1, 0.15) is 17.9 Å². The number of hydrogen-bond donors (Lipinski definition) is 0. The molecule has 4 rings (SSSR count). The first-order valence-corrected chi connectivity index (χ1v) is 8.78. The quantitative estimate of drug-likeness (QED) is 0.486. The fraction of sp³-hybridized carbons (Fsp3) is 0.182. The van der Waals surface area contributed by atoms with Crippen molar-refractivity contribution >= 4 is 11.1 Å². The monoisotopic (exact) mass is 377 g/mol. The fourth-order valence-corrected chi connectivity index (χ4v) is 3.10. The molecule has 0 saturated carbocycles. The van der Waals surface area contributed by atoms with E-state index in [2.05, 4.69) is 4.98 Å². The molecule has 2 aromatic carbocycles. The van der Waals surface area contributed by atoms with Crippen molar-refractivity contribution < 1.29 is 18.6 Å². The first kappa shape index (κ1) is 17.9. The third kappa shape index (κ3) is 3.03. The van der Waals surface area contributed by atoms with Crippen molar-refractivity contribution in [3.63, 3.8) is 0 Å². The SMILES string of the molecule is COc1c2nc3ccc(OCc4ccccc4)cc3oc-2c(C)c(=O)c1OC. The van der Waals surface area contributed by atoms with Crippen LogP contribution < -0.4 is 19.6 Å². The van der Waals surface area contributed by atoms with Gasteiger partial charge in [-0.1, -0.05) is 30.3 Å². The zero-order chi connectivity index (χ0) is 19.7. The van der Waals surface area contributed by atoms with Crippen molar-refractivity contribution in [3.8, 4) is 28.7 Å². The molecule has 1 heterocycles. The van der Waals surface area contributed by atoms with Gasteiger partial charge < -0.3 is 18.6 Å². The minimum Gasteiger partial charge on any atom is -0.491 e. The van der Waals surface area contributed by atoms with Gasteiger partial charge in [-0.3, -0.25) is 4.79 Å². The molecule has 28 heavy (non-hydrogen) atoms. The molecule has 1 aliphatic heterocycles. The van der Waals surface area contributed by atoms with Crippen LogP contribution >= 0.6 is 0 Å². The van der Waals surface area contributed by atoms with Crippen LogP contribution in [0.15, 0.2) is 57.7 Å². The van der Waals surface area contributed by atoms with E-state index in [1.54, 1.807) is 13.0 Å². The van der Waals surface area contributed by atoms with Crippen molar-refractivity contribution in [2.24, 2.45) is 0 Å². The van der Waals surface area contributed by atoms with Crippen LogP contribution in [0.4, 0.5) is 0 Å². The molecule has 0 bridgehead atoms. The molecule has 0 saturated heterocycles. The Hall–Kier alpha value is -3.54. The molecule has 0 unspecified atom stereocenters. The van der Waals surface area contributed by atoms with E-state index in [-0.39, 0.29) is 16.9 Å². The summed E-state index contributed by atoms with van der Waals surface area (Å²) in [6, 6.07) is 15.3. The first-order chi connectivity index (χ1) is 13.6. The number of benzene rings is 3. The van der Waals surface area contributed by atoms with Crippen LogP contribution in [0, 0.1) is 6.92 Å². The van der Waals surface area contributed by atoms with Crippen molar-refractivity contribution in [1.82, 2.24) is 4.98 Å². The Kier molecular flexibility index (Phi) is 4.61. The molecular formula is C22H19NO5. The Labute approximate surface area is 161 Å². The van der Waals surface area contributed by atoms with Gasteiger partial charge >= 0.3 is 0 Å². The summed E-state index contributed by atoms with van der Waals surface area (Å²) < 4.78 is 22.5. The number of rotatable bonds is 5. The van der Waals surface area contributed by atoms with Gasteiger partial charge in [0.2, 0.25) is 11.2 Å². The average Bonchev–Trinajstić information content (AvgIpc) is 2.74. The van der Waals surface area contributed by atoms with E-state index in [0.717, 1.165) is 5.56 Å². The Morgan fingerprint density at radius 2 is 1.75 bits per heavy atom. The van der Waals surface area contributed by atoms with Crippen LogP contribution in [0.3, 0.4) is 0 Å². The molecule has 0 fully saturated rings. The lowest BCUT2D eigenvalue weighted by Crippen LogP contribution is -2.14. The summed E-state index contributed by atoms with van der Waals surface area (Å²) in [7, 11) is 2.90. The number of aromatic nitrogens is 1. The van der Waals surface area contributed by atoms with Crippen LogP contribution in [0.5, 0.6) is 17.2 Å². The molecule has 2 aliphatic rings. The summed E-state index contributed by atoms with van der Waals surface area (Å²) in [5.74, 6) is 1.41. The molecule has 0 radical (unpaired) electrons. The Balaban J connectivity index is 1.80. The van der Waals surface area contributed by atoms with E-state index in [1.165, 1.54) is 14.2 Å². The maximum absolute atomic E-state index is 12.5. The number of nitrogens with zero attached hydrogens (tertiary/aromatic N) is 1. The summed E-state index contributed by atoms with van der Waals surface area (Å²) in [6.45, 7) is 2.13. The van der Waals surface area contributed by atoms with Crippen LogP contribution in [0.1, 0.15) is 11.1 Å². The highest BCUT2D eigenvalue weighted by Gasteiger charge is 2.26. The molecule has 0 amide bonds. The molecule has 0 N–H and O–H groups in total. The number of methoxy groups -OCH3 is 2. The van der Waals surface area contributed by atoms with E-state index in [9.17, 15) is 4.79 Å². The highest BCUT2D eigenvalue weighted by Crippen LogP contribution is 2.39. The minimum absolute atomic E-state index is 0.123. The van der Waals surface area contributed by atoms with Gasteiger partial charge in [-0.05, 0) is 24.6 Å². The maximum Gasteiger partial charge on any atom is 0.231 e. The predicted octanol–water partition coefficient (Wildman–Crippen LogP) is 4.20. The molecule has 142 valence electrons. The zero-order valence-corrected chi connectivity index (χ0v) is 15.8. The highest BCUT2D eigenvalue weighted by atomic mass is 16.5. The van der Waals surface area contributed by atoms with E-state index >= 15 is 0 Å². The third-order valence-electron chi connectivity index (χ3n) is 4.56. The molecule has 0 aromatic heterocycles. The lowest BCUT2D eigenvalue weighted by atomic mass is 10.1. The van der Waals surface area contributed by atoms with E-state index in [0.29, 0.717) is 40.5 Å². The van der Waals surface area contributed by atoms with Gasteiger partial charge in [0.25, 0.3) is 0 Å². The summed E-state index contributed by atoms with van der Waals surface area (Å²) in [6.07, 6.45) is 0. The Morgan fingerprint density at radius 3 is 2.46 bits per heavy atom. The molecular weight excluding hydrogens is 358 g/mol. The second-order valence-electron chi connectivity index (χ2n) is 6.32. The van der Waals surface area contributed by atoms with Crippen LogP contribution in [0.2, 0.25) is 0 Å². The lowest BCUT2D eigenvalue weighted by Gasteiger charge is -2.15. The van der Waals surface area contributed by atoms with Crippen LogP contribution in [-0.4, -0.2) is 19.2 Å². The van der Waals surface area contributed by atoms with Gasteiger partial charge in [-0.25, -0.2) is 4.98 Å². The van der Waals surface area contributed by atoms with Gasteiger partial charge in [-0.15, -0.1) is 0 Å². The largest absolute Gasteiger partial charge is 0.491 e. The highest BCUT2D eigenvalue weighted by molar-refractivity contribution is 5.81. The van der Waals surface area contributed by atoms with Crippen molar-refractivity contribution in [2.45, 2.75) is 13.5 Å². The lowest BCUT2D eigenvalue weighted by molar-refractivity contribution is 0.306.